The Hall–Kier alpha value is -2.62. The lowest BCUT2D eigenvalue weighted by atomic mass is 9.55. The molecule has 7 rings (SSSR count). The van der Waals surface area contributed by atoms with Crippen LogP contribution in [0.5, 0.6) is 0 Å². The molecule has 0 radical (unpaired) electrons. The molecule has 1 saturated heterocycles. The first-order valence-corrected chi connectivity index (χ1v) is 10.3. The summed E-state index contributed by atoms with van der Waals surface area (Å²) in [5, 5.41) is 0.723. The number of hydrogen-bond acceptors (Lipinski definition) is 2. The van der Waals surface area contributed by atoms with Gasteiger partial charge in [0.2, 0.25) is 11.8 Å². The Morgan fingerprint density at radius 1 is 0.621 bits per heavy atom. The molecule has 29 heavy (non-hydrogen) atoms. The van der Waals surface area contributed by atoms with Crippen LogP contribution in [-0.2, 0) is 9.59 Å². The molecule has 2 atom stereocenters. The minimum atomic E-state index is -0.397. The summed E-state index contributed by atoms with van der Waals surface area (Å²) in [5.41, 5.74) is 5.13. The number of anilines is 1. The highest BCUT2D eigenvalue weighted by Gasteiger charge is 2.61. The van der Waals surface area contributed by atoms with Crippen molar-refractivity contribution >= 4 is 40.7 Å². The van der Waals surface area contributed by atoms with Gasteiger partial charge in [0.25, 0.3) is 0 Å². The lowest BCUT2D eigenvalue weighted by molar-refractivity contribution is -0.122. The van der Waals surface area contributed by atoms with Crippen molar-refractivity contribution in [2.75, 3.05) is 4.90 Å². The lowest BCUT2D eigenvalue weighted by Gasteiger charge is -2.45. The second kappa shape index (κ2) is 5.94. The molecule has 0 N–H and O–H groups in total. The quantitative estimate of drug-likeness (QED) is 0.495. The van der Waals surface area contributed by atoms with Gasteiger partial charge in [-0.3, -0.25) is 9.59 Å². The molecule has 3 nitrogen and oxygen atoms in total. The molecule has 0 aromatic heterocycles. The zero-order valence-electron chi connectivity index (χ0n) is 15.2. The van der Waals surface area contributed by atoms with Crippen LogP contribution in [-0.4, -0.2) is 11.8 Å². The van der Waals surface area contributed by atoms with Crippen LogP contribution < -0.4 is 4.90 Å². The van der Waals surface area contributed by atoms with Gasteiger partial charge in [0, 0.05) is 11.8 Å². The summed E-state index contributed by atoms with van der Waals surface area (Å²) < 4.78 is 0. The number of carbonyl (C=O) groups is 2. The molecule has 142 valence electrons. The molecule has 1 aliphatic heterocycles. The molecule has 0 unspecified atom stereocenters. The Kier molecular flexibility index (Phi) is 3.54. The van der Waals surface area contributed by atoms with Gasteiger partial charge < -0.3 is 0 Å². The van der Waals surface area contributed by atoms with E-state index in [0.29, 0.717) is 15.7 Å². The van der Waals surface area contributed by atoms with Gasteiger partial charge in [-0.1, -0.05) is 71.7 Å². The van der Waals surface area contributed by atoms with E-state index in [1.165, 1.54) is 4.90 Å². The number of imide groups is 1. The summed E-state index contributed by atoms with van der Waals surface area (Å²) in [5.74, 6) is -1.32. The predicted octanol–water partition coefficient (Wildman–Crippen LogP) is 5.39. The number of rotatable bonds is 1. The second-order valence-electron chi connectivity index (χ2n) is 7.88. The van der Waals surface area contributed by atoms with Gasteiger partial charge in [-0.05, 0) is 40.5 Å². The van der Waals surface area contributed by atoms with Crippen LogP contribution in [0.25, 0.3) is 0 Å². The van der Waals surface area contributed by atoms with Crippen molar-refractivity contribution in [2.24, 2.45) is 11.8 Å². The maximum atomic E-state index is 13.6. The molecular formula is C24H15Cl2NO2. The smallest absolute Gasteiger partial charge is 0.238 e. The van der Waals surface area contributed by atoms with E-state index in [0.717, 1.165) is 22.3 Å². The van der Waals surface area contributed by atoms with Crippen molar-refractivity contribution in [1.82, 2.24) is 0 Å². The molecule has 0 spiro atoms. The first-order valence-electron chi connectivity index (χ1n) is 9.58. The highest BCUT2D eigenvalue weighted by atomic mass is 35.5. The third-order valence-corrected chi connectivity index (χ3v) is 7.35. The van der Waals surface area contributed by atoms with Crippen molar-refractivity contribution in [3.8, 4) is 0 Å². The maximum Gasteiger partial charge on any atom is 0.238 e. The lowest BCUT2D eigenvalue weighted by Crippen LogP contribution is -2.41. The van der Waals surface area contributed by atoms with Gasteiger partial charge in [-0.2, -0.15) is 0 Å². The summed E-state index contributed by atoms with van der Waals surface area (Å²) in [6, 6.07) is 21.3. The number of halogens is 2. The summed E-state index contributed by atoms with van der Waals surface area (Å²) in [7, 11) is 0. The second-order valence-corrected chi connectivity index (χ2v) is 8.69. The van der Waals surface area contributed by atoms with Crippen LogP contribution in [0.4, 0.5) is 5.69 Å². The molecule has 4 aliphatic rings. The highest BCUT2D eigenvalue weighted by molar-refractivity contribution is 6.42. The normalized spacial score (nSPS) is 26.3. The van der Waals surface area contributed by atoms with Crippen LogP contribution in [0.2, 0.25) is 10.0 Å². The van der Waals surface area contributed by atoms with Crippen molar-refractivity contribution in [3.05, 3.63) is 99.0 Å². The average Bonchev–Trinajstić information content (AvgIpc) is 3.01. The average molecular weight is 420 g/mol. The van der Waals surface area contributed by atoms with E-state index in [4.69, 9.17) is 23.2 Å². The number of hydrogen-bond donors (Lipinski definition) is 0. The number of amides is 2. The van der Waals surface area contributed by atoms with Crippen molar-refractivity contribution in [1.29, 1.82) is 0 Å². The van der Waals surface area contributed by atoms with Gasteiger partial charge in [0.1, 0.15) is 0 Å². The zero-order chi connectivity index (χ0) is 19.9. The van der Waals surface area contributed by atoms with Crippen LogP contribution >= 0.6 is 23.2 Å². The molecule has 3 aromatic rings. The Labute approximate surface area is 177 Å². The number of carbonyl (C=O) groups excluding carboxylic acids is 2. The third-order valence-electron chi connectivity index (χ3n) is 6.61. The standard InChI is InChI=1S/C24H15Cl2NO2/c25-17-10-9-12(11-18(17)26)27-23(28)21-19-13-5-1-2-6-14(13)20(22(21)24(27)29)16-8-4-3-7-15(16)19/h1-11,19-22H/t19?,20?,21-,22-/m1/s1. The molecule has 2 amide bonds. The van der Waals surface area contributed by atoms with Crippen LogP contribution in [0.15, 0.2) is 66.7 Å². The Morgan fingerprint density at radius 3 is 1.48 bits per heavy atom. The molecule has 1 fully saturated rings. The predicted molar refractivity (Wildman–Crippen MR) is 113 cm³/mol. The fourth-order valence-corrected chi connectivity index (χ4v) is 5.85. The fraction of sp³-hybridized carbons (Fsp3) is 0.167. The Balaban J connectivity index is 1.56. The highest BCUT2D eigenvalue weighted by Crippen LogP contribution is 2.61. The Bertz CT molecular complexity index is 1110. The largest absolute Gasteiger partial charge is 0.274 e. The van der Waals surface area contributed by atoms with Gasteiger partial charge in [0.05, 0.1) is 27.6 Å². The third kappa shape index (κ3) is 2.15. The van der Waals surface area contributed by atoms with E-state index in [-0.39, 0.29) is 23.7 Å². The molecule has 5 heteroatoms. The first kappa shape index (κ1) is 17.3. The topological polar surface area (TPSA) is 37.4 Å². The van der Waals surface area contributed by atoms with E-state index in [2.05, 4.69) is 24.3 Å². The van der Waals surface area contributed by atoms with E-state index < -0.39 is 11.8 Å². The van der Waals surface area contributed by atoms with E-state index in [9.17, 15) is 9.59 Å². The van der Waals surface area contributed by atoms with Crippen LogP contribution in [0.1, 0.15) is 34.1 Å². The summed E-state index contributed by atoms with van der Waals surface area (Å²) in [4.78, 5) is 28.5. The minimum absolute atomic E-state index is 0.110. The molecule has 1 heterocycles. The minimum Gasteiger partial charge on any atom is -0.274 e. The van der Waals surface area contributed by atoms with Gasteiger partial charge >= 0.3 is 0 Å². The summed E-state index contributed by atoms with van der Waals surface area (Å²) in [6.07, 6.45) is 0. The molecule has 2 bridgehead atoms. The van der Waals surface area contributed by atoms with Gasteiger partial charge in [-0.25, -0.2) is 4.90 Å². The van der Waals surface area contributed by atoms with Crippen molar-refractivity contribution in [2.45, 2.75) is 11.8 Å². The molecule has 3 aliphatic carbocycles. The van der Waals surface area contributed by atoms with E-state index in [1.807, 2.05) is 24.3 Å². The van der Waals surface area contributed by atoms with Gasteiger partial charge in [0.15, 0.2) is 0 Å². The van der Waals surface area contributed by atoms with Crippen molar-refractivity contribution < 1.29 is 9.59 Å². The van der Waals surface area contributed by atoms with Gasteiger partial charge in [-0.15, -0.1) is 0 Å². The number of nitrogens with zero attached hydrogens (tertiary/aromatic N) is 1. The summed E-state index contributed by atoms with van der Waals surface area (Å²) >= 11 is 12.2. The first-order chi connectivity index (χ1) is 14.1. The van der Waals surface area contributed by atoms with E-state index in [1.54, 1.807) is 18.2 Å². The van der Waals surface area contributed by atoms with Crippen LogP contribution in [0.3, 0.4) is 0 Å². The maximum absolute atomic E-state index is 13.6. The van der Waals surface area contributed by atoms with Crippen LogP contribution in [0, 0.1) is 11.8 Å². The summed E-state index contributed by atoms with van der Waals surface area (Å²) in [6.45, 7) is 0. The molecule has 3 aromatic carbocycles. The fourth-order valence-electron chi connectivity index (χ4n) is 5.56. The Morgan fingerprint density at radius 2 is 1.07 bits per heavy atom. The van der Waals surface area contributed by atoms with Crippen molar-refractivity contribution in [3.63, 3.8) is 0 Å². The SMILES string of the molecule is O=C1[C@@H]2C3c4ccccc4C(c4ccccc43)[C@H]2C(=O)N1c1ccc(Cl)c(Cl)c1. The zero-order valence-corrected chi connectivity index (χ0v) is 16.7. The molecular weight excluding hydrogens is 405 g/mol. The monoisotopic (exact) mass is 419 g/mol. The number of benzene rings is 3. The van der Waals surface area contributed by atoms with E-state index >= 15 is 0 Å². The molecule has 0 saturated carbocycles.